The zero-order chi connectivity index (χ0) is 12.5. The number of hydrogen-bond acceptors (Lipinski definition) is 5. The van der Waals surface area contributed by atoms with Crippen LogP contribution in [0.25, 0.3) is 0 Å². The Morgan fingerprint density at radius 1 is 1.18 bits per heavy atom. The van der Waals surface area contributed by atoms with Crippen LogP contribution >= 0.6 is 0 Å². The van der Waals surface area contributed by atoms with E-state index >= 15 is 0 Å². The smallest absolute Gasteiger partial charge is 0.321 e. The van der Waals surface area contributed by atoms with Gasteiger partial charge in [0.05, 0.1) is 11.6 Å². The number of benzene rings is 1. The zero-order valence-corrected chi connectivity index (χ0v) is 8.68. The molecule has 1 aliphatic heterocycles. The van der Waals surface area contributed by atoms with E-state index < -0.39 is 23.9 Å². The first-order chi connectivity index (χ1) is 7.98. The lowest BCUT2D eigenvalue weighted by atomic mass is 10.0. The predicted octanol–water partition coefficient (Wildman–Crippen LogP) is 0.148. The van der Waals surface area contributed by atoms with E-state index in [1.807, 2.05) is 0 Å². The van der Waals surface area contributed by atoms with Crippen LogP contribution in [-0.4, -0.2) is 6.17 Å². The molecule has 1 saturated heterocycles. The van der Waals surface area contributed by atoms with Gasteiger partial charge in [0.15, 0.2) is 0 Å². The summed E-state index contributed by atoms with van der Waals surface area (Å²) in [5.74, 6) is 0. The van der Waals surface area contributed by atoms with Crippen molar-refractivity contribution in [2.45, 2.75) is 18.4 Å². The molecule has 0 spiro atoms. The fourth-order valence-electron chi connectivity index (χ4n) is 1.56. The Balaban J connectivity index is 2.20. The van der Waals surface area contributed by atoms with Crippen molar-refractivity contribution < 1.29 is 13.2 Å². The number of nitrogens with two attached hydrogens (primary N) is 1. The van der Waals surface area contributed by atoms with Crippen molar-refractivity contribution in [2.75, 3.05) is 0 Å². The second-order valence-electron chi connectivity index (χ2n) is 3.67. The molecular weight excluding hydrogens is 235 g/mol. The van der Waals surface area contributed by atoms with Gasteiger partial charge < -0.3 is 5.73 Å². The average Bonchev–Trinajstić information content (AvgIpc) is 2.80. The van der Waals surface area contributed by atoms with Crippen LogP contribution in [0.5, 0.6) is 0 Å². The lowest BCUT2D eigenvalue weighted by molar-refractivity contribution is -0.137. The summed E-state index contributed by atoms with van der Waals surface area (Å²) in [6.45, 7) is 0. The number of alkyl halides is 3. The second-order valence-corrected chi connectivity index (χ2v) is 3.67. The molecule has 0 amide bonds. The molecule has 94 valence electrons. The highest BCUT2D eigenvalue weighted by atomic mass is 19.4. The van der Waals surface area contributed by atoms with E-state index in [4.69, 9.17) is 5.73 Å². The molecule has 0 radical (unpaired) electrons. The van der Waals surface area contributed by atoms with Crippen LogP contribution in [0.3, 0.4) is 0 Å². The Hall–Kier alpha value is -1.19. The Morgan fingerprint density at radius 3 is 2.41 bits per heavy atom. The molecule has 1 unspecified atom stereocenters. The molecule has 1 atom stereocenters. The highest BCUT2D eigenvalue weighted by molar-refractivity contribution is 5.28. The Kier molecular flexibility index (Phi) is 3.31. The number of hydrazine groups is 3. The van der Waals surface area contributed by atoms with E-state index in [1.54, 1.807) is 6.07 Å². The molecule has 1 heterocycles. The van der Waals surface area contributed by atoms with Crippen LogP contribution in [0.2, 0.25) is 0 Å². The van der Waals surface area contributed by atoms with Crippen molar-refractivity contribution in [2.24, 2.45) is 5.73 Å². The standard InChI is InChI=1S/C9H12F3N5/c10-9(11,12)6-3-1-2-5(4-6)7(13)8-14-16-17-15-8/h1-4,7-8,14-17H,13H2. The summed E-state index contributed by atoms with van der Waals surface area (Å²) in [5, 5.41) is 0. The maximum atomic E-state index is 12.5. The molecular formula is C9H12F3N5. The highest BCUT2D eigenvalue weighted by Crippen LogP contribution is 2.30. The minimum Gasteiger partial charge on any atom is -0.321 e. The van der Waals surface area contributed by atoms with E-state index in [0.29, 0.717) is 5.56 Å². The van der Waals surface area contributed by atoms with Crippen LogP contribution in [0, 0.1) is 0 Å². The number of rotatable bonds is 2. The van der Waals surface area contributed by atoms with Crippen molar-refractivity contribution in [1.29, 1.82) is 0 Å². The third kappa shape index (κ3) is 2.73. The summed E-state index contributed by atoms with van der Waals surface area (Å²) in [5.41, 5.74) is 16.1. The van der Waals surface area contributed by atoms with Crippen LogP contribution in [-0.2, 0) is 6.18 Å². The van der Waals surface area contributed by atoms with E-state index in [2.05, 4.69) is 21.9 Å². The molecule has 5 nitrogen and oxygen atoms in total. The molecule has 0 saturated carbocycles. The number of halogens is 3. The van der Waals surface area contributed by atoms with Gasteiger partial charge in [-0.1, -0.05) is 12.1 Å². The molecule has 8 heteroatoms. The summed E-state index contributed by atoms with van der Waals surface area (Å²) < 4.78 is 37.5. The van der Waals surface area contributed by atoms with Gasteiger partial charge in [-0.25, -0.2) is 10.9 Å². The molecule has 1 aromatic rings. The minimum absolute atomic E-state index is 0.390. The average molecular weight is 247 g/mol. The van der Waals surface area contributed by atoms with Gasteiger partial charge in [-0.05, 0) is 17.7 Å². The van der Waals surface area contributed by atoms with E-state index in [-0.39, 0.29) is 0 Å². The fourth-order valence-corrected chi connectivity index (χ4v) is 1.56. The SMILES string of the molecule is NC(c1cccc(C(F)(F)F)c1)C1NNNN1. The summed E-state index contributed by atoms with van der Waals surface area (Å²) in [6, 6.07) is 4.35. The topological polar surface area (TPSA) is 74.1 Å². The molecule has 1 aliphatic rings. The Bertz CT molecular complexity index is 388. The summed E-state index contributed by atoms with van der Waals surface area (Å²) in [4.78, 5) is 0. The van der Waals surface area contributed by atoms with Crippen LogP contribution < -0.4 is 27.7 Å². The van der Waals surface area contributed by atoms with Gasteiger partial charge in [0.1, 0.15) is 6.17 Å². The summed E-state index contributed by atoms with van der Waals surface area (Å²) >= 11 is 0. The maximum absolute atomic E-state index is 12.5. The normalized spacial score (nSPS) is 19.5. The first kappa shape index (κ1) is 12.3. The predicted molar refractivity (Wildman–Crippen MR) is 54.7 cm³/mol. The summed E-state index contributed by atoms with van der Waals surface area (Å²) in [6.07, 6.45) is -4.75. The third-order valence-electron chi connectivity index (χ3n) is 2.48. The summed E-state index contributed by atoms with van der Waals surface area (Å²) in [7, 11) is 0. The molecule has 1 aromatic carbocycles. The van der Waals surface area contributed by atoms with Crippen LogP contribution in [0.15, 0.2) is 24.3 Å². The van der Waals surface area contributed by atoms with Gasteiger partial charge >= 0.3 is 6.18 Å². The lowest BCUT2D eigenvalue weighted by Crippen LogP contribution is -2.43. The van der Waals surface area contributed by atoms with E-state index in [0.717, 1.165) is 12.1 Å². The van der Waals surface area contributed by atoms with Crippen LogP contribution in [0.4, 0.5) is 13.2 Å². The maximum Gasteiger partial charge on any atom is 0.416 e. The number of nitrogens with one attached hydrogen (secondary N) is 4. The first-order valence-electron chi connectivity index (χ1n) is 4.92. The molecule has 6 N–H and O–H groups in total. The van der Waals surface area contributed by atoms with Crippen molar-refractivity contribution in [3.05, 3.63) is 35.4 Å². The van der Waals surface area contributed by atoms with Crippen molar-refractivity contribution >= 4 is 0 Å². The van der Waals surface area contributed by atoms with Crippen molar-refractivity contribution in [1.82, 2.24) is 21.9 Å². The fraction of sp³-hybridized carbons (Fsp3) is 0.333. The van der Waals surface area contributed by atoms with Gasteiger partial charge in [0.25, 0.3) is 0 Å². The molecule has 0 aliphatic carbocycles. The van der Waals surface area contributed by atoms with E-state index in [1.165, 1.54) is 6.07 Å². The Labute approximate surface area is 95.5 Å². The highest BCUT2D eigenvalue weighted by Gasteiger charge is 2.31. The zero-order valence-electron chi connectivity index (χ0n) is 8.68. The van der Waals surface area contributed by atoms with Gasteiger partial charge in [-0.2, -0.15) is 24.2 Å². The van der Waals surface area contributed by atoms with Crippen molar-refractivity contribution in [3.8, 4) is 0 Å². The molecule has 0 aromatic heterocycles. The van der Waals surface area contributed by atoms with Crippen molar-refractivity contribution in [3.63, 3.8) is 0 Å². The minimum atomic E-state index is -4.36. The molecule has 17 heavy (non-hydrogen) atoms. The molecule has 2 rings (SSSR count). The third-order valence-corrected chi connectivity index (χ3v) is 2.48. The first-order valence-corrected chi connectivity index (χ1v) is 4.92. The lowest BCUT2D eigenvalue weighted by Gasteiger charge is -2.19. The monoisotopic (exact) mass is 247 g/mol. The molecule has 0 bridgehead atoms. The van der Waals surface area contributed by atoms with Gasteiger partial charge in [0, 0.05) is 0 Å². The van der Waals surface area contributed by atoms with Crippen LogP contribution in [0.1, 0.15) is 17.2 Å². The largest absolute Gasteiger partial charge is 0.416 e. The Morgan fingerprint density at radius 2 is 1.82 bits per heavy atom. The number of hydrogen-bond donors (Lipinski definition) is 5. The van der Waals surface area contributed by atoms with E-state index in [9.17, 15) is 13.2 Å². The quantitative estimate of drug-likeness (QED) is 0.514. The second kappa shape index (κ2) is 4.59. The van der Waals surface area contributed by atoms with Gasteiger partial charge in [-0.15, -0.1) is 0 Å². The van der Waals surface area contributed by atoms with Gasteiger partial charge in [0.2, 0.25) is 0 Å². The molecule has 1 fully saturated rings. The van der Waals surface area contributed by atoms with Gasteiger partial charge in [-0.3, -0.25) is 0 Å².